The molecule has 0 spiro atoms. The van der Waals surface area contributed by atoms with Crippen molar-refractivity contribution in [2.75, 3.05) is 19.6 Å². The Morgan fingerprint density at radius 3 is 0.565 bits per heavy atom. The number of hydrogen-bond acceptors (Lipinski definition) is 5. The molecule has 0 saturated heterocycles. The summed E-state index contributed by atoms with van der Waals surface area (Å²) in [5.74, 6) is -0.0521. The Kier molecular flexibility index (Phi) is 14.3. The molecule has 2 heterocycles. The molecular weight excluding hydrogens is 1120 g/mol. The first-order valence-electron chi connectivity index (χ1n) is 31.1. The SMILES string of the molecule is O=C(c1ccc(-n2c3ccc(N(c4ccccc4)c4ccccc4)cc3c3cc(N(c4ccccc4)c4ccccc4)ccc32)cc1)c1ccc(-n2c3ccc(N(c4ccccc4)c4ccccc4)cc3c3cc(N(c4ccccc4)c4ccccc4)ccc32)cc1. The molecule has 0 aliphatic rings. The van der Waals surface area contributed by atoms with Crippen LogP contribution in [0.5, 0.6) is 0 Å². The fourth-order valence-corrected chi connectivity index (χ4v) is 13.2. The van der Waals surface area contributed by atoms with Crippen molar-refractivity contribution in [3.05, 3.63) is 375 Å². The molecule has 0 unspecified atom stereocenters. The molecule has 0 aliphatic heterocycles. The van der Waals surface area contributed by atoms with E-state index < -0.39 is 0 Å². The van der Waals surface area contributed by atoms with E-state index in [1.807, 2.05) is 24.3 Å². The normalized spacial score (nSPS) is 11.3. The molecule has 0 saturated carbocycles. The highest BCUT2D eigenvalue weighted by Gasteiger charge is 2.24. The van der Waals surface area contributed by atoms with E-state index >= 15 is 0 Å². The zero-order chi connectivity index (χ0) is 61.3. The van der Waals surface area contributed by atoms with Crippen molar-refractivity contribution < 1.29 is 4.79 Å². The van der Waals surface area contributed by atoms with Crippen LogP contribution in [0, 0.1) is 0 Å². The number of rotatable bonds is 16. The van der Waals surface area contributed by atoms with Gasteiger partial charge in [0.2, 0.25) is 0 Å². The first-order chi connectivity index (χ1) is 45.6. The number of carbonyl (C=O) groups is 1. The van der Waals surface area contributed by atoms with Gasteiger partial charge in [-0.2, -0.15) is 0 Å². The number of ketones is 1. The van der Waals surface area contributed by atoms with E-state index in [2.05, 4.69) is 368 Å². The molecule has 7 heteroatoms. The lowest BCUT2D eigenvalue weighted by Crippen LogP contribution is -2.09. The minimum absolute atomic E-state index is 0.0521. The van der Waals surface area contributed by atoms with Crippen LogP contribution >= 0.6 is 0 Å². The van der Waals surface area contributed by atoms with Gasteiger partial charge < -0.3 is 28.7 Å². The summed E-state index contributed by atoms with van der Waals surface area (Å²) in [7, 11) is 0. The van der Waals surface area contributed by atoms with Crippen molar-refractivity contribution in [3.63, 3.8) is 0 Å². The van der Waals surface area contributed by atoms with Gasteiger partial charge in [0.1, 0.15) is 0 Å². The van der Waals surface area contributed by atoms with Crippen LogP contribution in [-0.2, 0) is 0 Å². The minimum atomic E-state index is -0.0521. The highest BCUT2D eigenvalue weighted by atomic mass is 16.1. The van der Waals surface area contributed by atoms with E-state index in [4.69, 9.17) is 0 Å². The second-order valence-corrected chi connectivity index (χ2v) is 22.9. The average Bonchev–Trinajstić information content (AvgIpc) is 1.63. The number of para-hydroxylation sites is 8. The van der Waals surface area contributed by atoms with E-state index in [-0.39, 0.29) is 5.78 Å². The maximum absolute atomic E-state index is 14.8. The van der Waals surface area contributed by atoms with Crippen LogP contribution in [0.15, 0.2) is 364 Å². The topological polar surface area (TPSA) is 39.9 Å². The summed E-state index contributed by atoms with van der Waals surface area (Å²) in [4.78, 5) is 24.1. The molecule has 0 radical (unpaired) electrons. The molecule has 16 aromatic rings. The van der Waals surface area contributed by atoms with Crippen molar-refractivity contribution in [1.82, 2.24) is 9.13 Å². The molecule has 92 heavy (non-hydrogen) atoms. The molecule has 0 bridgehead atoms. The molecule has 0 amide bonds. The average molecular weight is 1180 g/mol. The highest BCUT2D eigenvalue weighted by molar-refractivity contribution is 6.14. The van der Waals surface area contributed by atoms with Crippen molar-refractivity contribution in [2.24, 2.45) is 0 Å². The monoisotopic (exact) mass is 1180 g/mol. The quantitative estimate of drug-likeness (QED) is 0.0902. The summed E-state index contributed by atoms with van der Waals surface area (Å²) in [5, 5.41) is 4.40. The second kappa shape index (κ2) is 23.9. The molecular formula is C85H60N6O. The second-order valence-electron chi connectivity index (χ2n) is 22.9. The first kappa shape index (κ1) is 54.9. The van der Waals surface area contributed by atoms with E-state index in [0.717, 1.165) is 123 Å². The highest BCUT2D eigenvalue weighted by Crippen LogP contribution is 2.46. The number of aromatic nitrogens is 2. The maximum atomic E-state index is 14.8. The van der Waals surface area contributed by atoms with Gasteiger partial charge in [0, 0.05) is 112 Å². The summed E-state index contributed by atoms with van der Waals surface area (Å²) in [5.41, 5.74) is 20.0. The molecule has 0 fully saturated rings. The Balaban J connectivity index is 0.781. The third kappa shape index (κ3) is 10.2. The summed E-state index contributed by atoms with van der Waals surface area (Å²) >= 11 is 0. The smallest absolute Gasteiger partial charge is 0.193 e. The van der Waals surface area contributed by atoms with Gasteiger partial charge in [-0.1, -0.05) is 146 Å². The van der Waals surface area contributed by atoms with Crippen LogP contribution in [0.1, 0.15) is 15.9 Å². The van der Waals surface area contributed by atoms with Crippen LogP contribution in [-0.4, -0.2) is 14.9 Å². The fourth-order valence-electron chi connectivity index (χ4n) is 13.2. The van der Waals surface area contributed by atoms with E-state index in [9.17, 15) is 4.79 Å². The van der Waals surface area contributed by atoms with Crippen molar-refractivity contribution in [2.45, 2.75) is 0 Å². The molecule has 436 valence electrons. The van der Waals surface area contributed by atoms with Crippen LogP contribution < -0.4 is 19.6 Å². The third-order valence-corrected chi connectivity index (χ3v) is 17.4. The van der Waals surface area contributed by atoms with E-state index in [1.165, 1.54) is 0 Å². The summed E-state index contributed by atoms with van der Waals surface area (Å²) in [6.07, 6.45) is 0. The lowest BCUT2D eigenvalue weighted by Gasteiger charge is -2.26. The Labute approximate surface area is 534 Å². The number of hydrogen-bond donors (Lipinski definition) is 0. The molecule has 0 atom stereocenters. The molecule has 16 rings (SSSR count). The van der Waals surface area contributed by atoms with Gasteiger partial charge >= 0.3 is 0 Å². The predicted molar refractivity (Wildman–Crippen MR) is 384 cm³/mol. The standard InChI is InChI=1S/C85H60N6O/c92-85(61-41-45-71(46-42-61)90-81-53-49-73(86(63-25-9-1-10-26-63)64-27-11-2-12-28-64)57-77(81)78-58-74(50-54-82(78)90)87(65-29-13-3-14-30-65)66-31-15-4-16-32-66)62-43-47-72(48-44-62)91-83-55-51-75(88(67-33-17-5-18-34-67)68-35-19-6-20-36-68)59-79(83)80-60-76(52-56-84(80)91)89(69-37-21-7-22-38-69)70-39-23-8-24-40-70/h1-60H. The summed E-state index contributed by atoms with van der Waals surface area (Å²) in [6.45, 7) is 0. The van der Waals surface area contributed by atoms with Crippen LogP contribution in [0.25, 0.3) is 55.0 Å². The minimum Gasteiger partial charge on any atom is -0.310 e. The molecule has 7 nitrogen and oxygen atoms in total. The van der Waals surface area contributed by atoms with Gasteiger partial charge in [0.15, 0.2) is 5.78 Å². The van der Waals surface area contributed by atoms with Gasteiger partial charge in [-0.05, 0) is 218 Å². The Hall–Kier alpha value is -12.5. The van der Waals surface area contributed by atoms with Gasteiger partial charge in [-0.15, -0.1) is 0 Å². The van der Waals surface area contributed by atoms with Gasteiger partial charge in [0.05, 0.1) is 22.1 Å². The molecule has 2 aromatic heterocycles. The van der Waals surface area contributed by atoms with E-state index in [0.29, 0.717) is 11.1 Å². The largest absolute Gasteiger partial charge is 0.310 e. The number of nitrogens with zero attached hydrogens (tertiary/aromatic N) is 6. The molecule has 0 aliphatic carbocycles. The zero-order valence-corrected chi connectivity index (χ0v) is 50.2. The lowest BCUT2D eigenvalue weighted by atomic mass is 10.0. The maximum Gasteiger partial charge on any atom is 0.193 e. The van der Waals surface area contributed by atoms with Gasteiger partial charge in [0.25, 0.3) is 0 Å². The summed E-state index contributed by atoms with van der Waals surface area (Å²) < 4.78 is 4.65. The Morgan fingerprint density at radius 1 is 0.196 bits per heavy atom. The first-order valence-corrected chi connectivity index (χ1v) is 31.1. The van der Waals surface area contributed by atoms with Crippen molar-refractivity contribution >= 4 is 118 Å². The van der Waals surface area contributed by atoms with E-state index in [1.54, 1.807) is 0 Å². The predicted octanol–water partition coefficient (Wildman–Crippen LogP) is 23.0. The third-order valence-electron chi connectivity index (χ3n) is 17.4. The van der Waals surface area contributed by atoms with Crippen LogP contribution in [0.4, 0.5) is 68.2 Å². The lowest BCUT2D eigenvalue weighted by molar-refractivity contribution is 0.103. The number of anilines is 12. The number of carbonyl (C=O) groups excluding carboxylic acids is 1. The summed E-state index contributed by atoms with van der Waals surface area (Å²) in [6, 6.07) is 128. The molecule has 14 aromatic carbocycles. The fraction of sp³-hybridized carbons (Fsp3) is 0. The Morgan fingerprint density at radius 2 is 0.380 bits per heavy atom. The Bertz CT molecular complexity index is 4490. The zero-order valence-electron chi connectivity index (χ0n) is 50.2. The van der Waals surface area contributed by atoms with Crippen LogP contribution in [0.3, 0.4) is 0 Å². The van der Waals surface area contributed by atoms with Gasteiger partial charge in [-0.25, -0.2) is 0 Å². The van der Waals surface area contributed by atoms with Crippen molar-refractivity contribution in [3.8, 4) is 11.4 Å². The van der Waals surface area contributed by atoms with Crippen LogP contribution in [0.2, 0.25) is 0 Å². The number of fused-ring (bicyclic) bond motifs is 6. The molecule has 0 N–H and O–H groups in total. The van der Waals surface area contributed by atoms with Gasteiger partial charge in [-0.3, -0.25) is 4.79 Å². The number of benzene rings is 14. The van der Waals surface area contributed by atoms with Crippen molar-refractivity contribution in [1.29, 1.82) is 0 Å².